The molecule has 1 aromatic rings. The van der Waals surface area contributed by atoms with E-state index in [-0.39, 0.29) is 11.6 Å². The Bertz CT molecular complexity index is 539. The molecule has 0 aromatic carbocycles. The molecule has 1 aromatic heterocycles. The first kappa shape index (κ1) is 13.9. The summed E-state index contributed by atoms with van der Waals surface area (Å²) in [7, 11) is 0. The normalized spacial score (nSPS) is 17.3. The Kier molecular flexibility index (Phi) is 3.77. The van der Waals surface area contributed by atoms with Crippen LogP contribution in [-0.2, 0) is 0 Å². The molecule has 2 aliphatic rings. The van der Waals surface area contributed by atoms with Crippen molar-refractivity contribution < 1.29 is 14.7 Å². The summed E-state index contributed by atoms with van der Waals surface area (Å²) < 4.78 is 0. The van der Waals surface area contributed by atoms with Crippen LogP contribution in [0.2, 0.25) is 0 Å². The lowest BCUT2D eigenvalue weighted by atomic mass is 10.2. The number of aromatic carboxylic acids is 1. The Balaban J connectivity index is 1.64. The van der Waals surface area contributed by atoms with Crippen LogP contribution in [0.4, 0.5) is 10.5 Å². The van der Waals surface area contributed by atoms with Crippen LogP contribution in [0.5, 0.6) is 0 Å². The molecule has 0 aliphatic heterocycles. The summed E-state index contributed by atoms with van der Waals surface area (Å²) in [5.74, 6) is 0.224. The second-order valence-corrected chi connectivity index (χ2v) is 5.99. The number of nitrogens with zero attached hydrogens (tertiary/aromatic N) is 2. The van der Waals surface area contributed by atoms with Gasteiger partial charge in [0.2, 0.25) is 0 Å². The number of carbonyl (C=O) groups excluding carboxylic acids is 1. The van der Waals surface area contributed by atoms with Crippen LogP contribution in [0.25, 0.3) is 0 Å². The number of hydrogen-bond donors (Lipinski definition) is 2. The van der Waals surface area contributed by atoms with E-state index in [4.69, 9.17) is 5.11 Å². The first-order chi connectivity index (χ1) is 10.1. The second-order valence-electron chi connectivity index (χ2n) is 5.99. The molecule has 0 bridgehead atoms. The van der Waals surface area contributed by atoms with Crippen LogP contribution in [0.1, 0.15) is 36.0 Å². The van der Waals surface area contributed by atoms with E-state index in [9.17, 15) is 9.59 Å². The minimum Gasteiger partial charge on any atom is -0.478 e. The fourth-order valence-electron chi connectivity index (χ4n) is 2.29. The Labute approximate surface area is 123 Å². The zero-order valence-electron chi connectivity index (χ0n) is 11.8. The third kappa shape index (κ3) is 3.93. The van der Waals surface area contributed by atoms with Crippen LogP contribution in [0.15, 0.2) is 18.5 Å². The number of amides is 2. The molecule has 2 N–H and O–H groups in total. The van der Waals surface area contributed by atoms with Crippen LogP contribution in [0, 0.1) is 11.8 Å². The summed E-state index contributed by atoms with van der Waals surface area (Å²) in [6, 6.07) is 1.28. The van der Waals surface area contributed by atoms with Crippen molar-refractivity contribution in [1.82, 2.24) is 9.88 Å². The standard InChI is InChI=1S/C15H19N3O3/c19-14(20)12-5-13(7-16-6-12)17-15(21)18(8-10-1-2-10)9-11-3-4-11/h5-7,10-11H,1-4,8-9H2,(H,17,21)(H,19,20). The number of carbonyl (C=O) groups is 2. The summed E-state index contributed by atoms with van der Waals surface area (Å²) in [6.45, 7) is 1.60. The van der Waals surface area contributed by atoms with Crippen molar-refractivity contribution >= 4 is 17.7 Å². The maximum atomic E-state index is 12.4. The van der Waals surface area contributed by atoms with Gasteiger partial charge in [-0.2, -0.15) is 0 Å². The Morgan fingerprint density at radius 1 is 1.19 bits per heavy atom. The minimum atomic E-state index is -1.05. The summed E-state index contributed by atoms with van der Waals surface area (Å²) >= 11 is 0. The highest BCUT2D eigenvalue weighted by Gasteiger charge is 2.31. The van der Waals surface area contributed by atoms with Gasteiger partial charge in [0.15, 0.2) is 0 Å². The highest BCUT2D eigenvalue weighted by molar-refractivity contribution is 5.92. The third-order valence-electron chi connectivity index (χ3n) is 3.87. The van der Waals surface area contributed by atoms with Gasteiger partial charge in [-0.1, -0.05) is 0 Å². The van der Waals surface area contributed by atoms with E-state index in [1.165, 1.54) is 44.1 Å². The molecule has 0 radical (unpaired) electrons. The van der Waals surface area contributed by atoms with Crippen molar-refractivity contribution in [1.29, 1.82) is 0 Å². The van der Waals surface area contributed by atoms with Gasteiger partial charge in [0.05, 0.1) is 17.4 Å². The monoisotopic (exact) mass is 289 g/mol. The smallest absolute Gasteiger partial charge is 0.337 e. The molecule has 112 valence electrons. The molecular weight excluding hydrogens is 270 g/mol. The van der Waals surface area contributed by atoms with Gasteiger partial charge < -0.3 is 15.3 Å². The van der Waals surface area contributed by atoms with Crippen molar-refractivity contribution in [3.8, 4) is 0 Å². The van der Waals surface area contributed by atoms with Crippen LogP contribution >= 0.6 is 0 Å². The maximum Gasteiger partial charge on any atom is 0.337 e. The molecule has 6 heteroatoms. The second kappa shape index (κ2) is 5.71. The molecule has 1 heterocycles. The Morgan fingerprint density at radius 2 is 1.81 bits per heavy atom. The molecule has 0 atom stereocenters. The lowest BCUT2D eigenvalue weighted by Gasteiger charge is -2.23. The van der Waals surface area contributed by atoms with Gasteiger partial charge >= 0.3 is 12.0 Å². The van der Waals surface area contributed by atoms with Gasteiger partial charge in [-0.15, -0.1) is 0 Å². The van der Waals surface area contributed by atoms with Gasteiger partial charge in [-0.25, -0.2) is 9.59 Å². The molecule has 2 saturated carbocycles. The molecule has 0 saturated heterocycles. The number of rotatable bonds is 6. The van der Waals surface area contributed by atoms with Gasteiger partial charge in [0.1, 0.15) is 0 Å². The number of carboxylic acids is 1. The van der Waals surface area contributed by atoms with Crippen molar-refractivity contribution in [3.63, 3.8) is 0 Å². The van der Waals surface area contributed by atoms with Gasteiger partial charge in [-0.3, -0.25) is 4.98 Å². The largest absolute Gasteiger partial charge is 0.478 e. The Morgan fingerprint density at radius 3 is 2.33 bits per heavy atom. The molecule has 2 aliphatic carbocycles. The fraction of sp³-hybridized carbons (Fsp3) is 0.533. The van der Waals surface area contributed by atoms with Gasteiger partial charge in [0, 0.05) is 19.3 Å². The van der Waals surface area contributed by atoms with E-state index in [0.29, 0.717) is 17.5 Å². The van der Waals surface area contributed by atoms with Crippen LogP contribution < -0.4 is 5.32 Å². The molecule has 6 nitrogen and oxygen atoms in total. The molecule has 3 rings (SSSR count). The Hall–Kier alpha value is -2.11. The molecule has 2 fully saturated rings. The van der Waals surface area contributed by atoms with E-state index >= 15 is 0 Å². The van der Waals surface area contributed by atoms with E-state index in [0.717, 1.165) is 13.1 Å². The van der Waals surface area contributed by atoms with Crippen molar-refractivity contribution in [2.45, 2.75) is 25.7 Å². The predicted octanol–water partition coefficient (Wildman–Crippen LogP) is 2.43. The maximum absolute atomic E-state index is 12.4. The lowest BCUT2D eigenvalue weighted by molar-refractivity contribution is 0.0696. The van der Waals surface area contributed by atoms with Crippen molar-refractivity contribution in [2.24, 2.45) is 11.8 Å². The van der Waals surface area contributed by atoms with E-state index < -0.39 is 5.97 Å². The summed E-state index contributed by atoms with van der Waals surface area (Å²) in [6.07, 6.45) is 7.53. The molecular formula is C15H19N3O3. The quantitative estimate of drug-likeness (QED) is 0.842. The number of anilines is 1. The number of pyridine rings is 1. The molecule has 0 unspecified atom stereocenters. The molecule has 0 spiro atoms. The topological polar surface area (TPSA) is 82.5 Å². The molecule has 2 amide bonds. The van der Waals surface area contributed by atoms with Crippen LogP contribution in [-0.4, -0.2) is 40.1 Å². The summed E-state index contributed by atoms with van der Waals surface area (Å²) in [4.78, 5) is 29.0. The first-order valence-corrected chi connectivity index (χ1v) is 7.36. The average molecular weight is 289 g/mol. The van der Waals surface area contributed by atoms with Crippen LogP contribution in [0.3, 0.4) is 0 Å². The van der Waals surface area contributed by atoms with Crippen molar-refractivity contribution in [2.75, 3.05) is 18.4 Å². The SMILES string of the molecule is O=C(O)c1cncc(NC(=O)N(CC2CC2)CC2CC2)c1. The highest BCUT2D eigenvalue weighted by Crippen LogP contribution is 2.33. The van der Waals surface area contributed by atoms with Crippen molar-refractivity contribution in [3.05, 3.63) is 24.0 Å². The fourth-order valence-corrected chi connectivity index (χ4v) is 2.29. The zero-order chi connectivity index (χ0) is 14.8. The number of urea groups is 1. The van der Waals surface area contributed by atoms with Gasteiger partial charge in [0.25, 0.3) is 0 Å². The van der Waals surface area contributed by atoms with E-state index in [1.54, 1.807) is 0 Å². The predicted molar refractivity (Wildman–Crippen MR) is 77.2 cm³/mol. The van der Waals surface area contributed by atoms with E-state index in [1.807, 2.05) is 4.90 Å². The average Bonchev–Trinajstić information content (AvgIpc) is 3.33. The zero-order valence-corrected chi connectivity index (χ0v) is 11.8. The number of hydrogen-bond acceptors (Lipinski definition) is 3. The minimum absolute atomic E-state index is 0.0729. The summed E-state index contributed by atoms with van der Waals surface area (Å²) in [5.41, 5.74) is 0.500. The molecule has 21 heavy (non-hydrogen) atoms. The first-order valence-electron chi connectivity index (χ1n) is 7.36. The third-order valence-corrected chi connectivity index (χ3v) is 3.87. The summed E-state index contributed by atoms with van der Waals surface area (Å²) in [5, 5.41) is 11.7. The lowest BCUT2D eigenvalue weighted by Crippen LogP contribution is -2.38. The van der Waals surface area contributed by atoms with E-state index in [2.05, 4.69) is 10.3 Å². The van der Waals surface area contributed by atoms with Gasteiger partial charge in [-0.05, 0) is 43.6 Å². The highest BCUT2D eigenvalue weighted by atomic mass is 16.4. The number of carboxylic acid groups (broad SMARTS) is 1. The number of nitrogens with one attached hydrogen (secondary N) is 1. The number of aromatic nitrogens is 1.